The summed E-state index contributed by atoms with van der Waals surface area (Å²) < 4.78 is 0. The highest BCUT2D eigenvalue weighted by atomic mass is 16.2. The van der Waals surface area contributed by atoms with Gasteiger partial charge in [0.2, 0.25) is 5.91 Å². The number of hydrogen-bond acceptors (Lipinski definition) is 5. The quantitative estimate of drug-likeness (QED) is 0.469. The third-order valence-corrected chi connectivity index (χ3v) is 2.29. The summed E-state index contributed by atoms with van der Waals surface area (Å²) in [5.74, 6) is 5.08. The molecule has 0 aromatic carbocycles. The van der Waals surface area contributed by atoms with Crippen molar-refractivity contribution in [1.29, 1.82) is 0 Å². The monoisotopic (exact) mass is 279 g/mol. The highest BCUT2D eigenvalue weighted by molar-refractivity contribution is 5.97. The molecule has 110 valence electrons. The second-order valence-corrected chi connectivity index (χ2v) is 5.51. The minimum Gasteiger partial charge on any atom is -0.350 e. The van der Waals surface area contributed by atoms with Gasteiger partial charge >= 0.3 is 0 Å². The van der Waals surface area contributed by atoms with Crippen LogP contribution in [0.1, 0.15) is 36.8 Å². The van der Waals surface area contributed by atoms with E-state index in [1.165, 1.54) is 6.07 Å². The van der Waals surface area contributed by atoms with Crippen LogP contribution in [0.5, 0.6) is 0 Å². The Morgan fingerprint density at radius 2 is 1.95 bits per heavy atom. The van der Waals surface area contributed by atoms with Gasteiger partial charge in [-0.3, -0.25) is 9.59 Å². The zero-order valence-corrected chi connectivity index (χ0v) is 12.2. The maximum Gasteiger partial charge on any atom is 0.251 e. The van der Waals surface area contributed by atoms with Gasteiger partial charge in [-0.05, 0) is 39.8 Å². The van der Waals surface area contributed by atoms with Gasteiger partial charge in [0.25, 0.3) is 5.91 Å². The Bertz CT molecular complexity index is 508. The zero-order valence-electron chi connectivity index (χ0n) is 12.2. The molecule has 1 aromatic rings. The highest BCUT2D eigenvalue weighted by Crippen LogP contribution is 2.08. The Morgan fingerprint density at radius 3 is 2.50 bits per heavy atom. The van der Waals surface area contributed by atoms with E-state index < -0.39 is 0 Å². The first-order chi connectivity index (χ1) is 9.21. The lowest BCUT2D eigenvalue weighted by atomic mass is 10.1. The number of amides is 2. The maximum absolute atomic E-state index is 11.9. The average molecular weight is 279 g/mol. The van der Waals surface area contributed by atoms with Crippen LogP contribution in [0.4, 0.5) is 5.82 Å². The van der Waals surface area contributed by atoms with E-state index in [-0.39, 0.29) is 23.9 Å². The van der Waals surface area contributed by atoms with E-state index in [0.717, 1.165) is 0 Å². The predicted octanol–water partition coefficient (Wildman–Crippen LogP) is 0.320. The van der Waals surface area contributed by atoms with Crippen LogP contribution in [0.15, 0.2) is 12.1 Å². The molecular weight excluding hydrogens is 258 g/mol. The van der Waals surface area contributed by atoms with Gasteiger partial charge in [-0.2, -0.15) is 0 Å². The van der Waals surface area contributed by atoms with Crippen LogP contribution < -0.4 is 21.9 Å². The van der Waals surface area contributed by atoms with E-state index in [1.54, 1.807) is 13.0 Å². The number of hydrogen-bond donors (Lipinski definition) is 4. The number of aromatic nitrogens is 1. The van der Waals surface area contributed by atoms with E-state index in [9.17, 15) is 9.59 Å². The van der Waals surface area contributed by atoms with Crippen molar-refractivity contribution >= 4 is 17.6 Å². The number of carbonyl (C=O) groups excluding carboxylic acids is 2. The fourth-order valence-electron chi connectivity index (χ4n) is 1.60. The van der Waals surface area contributed by atoms with E-state index in [4.69, 9.17) is 5.84 Å². The Morgan fingerprint density at radius 1 is 1.30 bits per heavy atom. The lowest BCUT2D eigenvalue weighted by Crippen LogP contribution is -2.45. The SMILES string of the molecule is Cc1cc(C(=O)NCC(=O)NC(C)(C)C)cc(NN)n1. The first kappa shape index (κ1) is 15.9. The third kappa shape index (κ3) is 5.23. The molecule has 1 aromatic heterocycles. The van der Waals surface area contributed by atoms with Crippen LogP contribution in [-0.2, 0) is 4.79 Å². The molecule has 1 heterocycles. The van der Waals surface area contributed by atoms with Gasteiger partial charge in [0.1, 0.15) is 5.82 Å². The molecule has 2 amide bonds. The minimum atomic E-state index is -0.351. The summed E-state index contributed by atoms with van der Waals surface area (Å²) in [6, 6.07) is 3.14. The summed E-state index contributed by atoms with van der Waals surface area (Å²) >= 11 is 0. The van der Waals surface area contributed by atoms with Crippen LogP contribution in [0.3, 0.4) is 0 Å². The molecule has 0 unspecified atom stereocenters. The van der Waals surface area contributed by atoms with Crippen LogP contribution in [0.25, 0.3) is 0 Å². The first-order valence-electron chi connectivity index (χ1n) is 6.26. The standard InChI is InChI=1S/C13H21N5O2/c1-8-5-9(6-10(16-8)18-14)12(20)15-7-11(19)17-13(2,3)4/h5-6H,7,14H2,1-4H3,(H,15,20)(H,16,18)(H,17,19). The number of nitrogens with one attached hydrogen (secondary N) is 3. The number of anilines is 1. The van der Waals surface area contributed by atoms with Gasteiger partial charge in [-0.1, -0.05) is 0 Å². The number of rotatable bonds is 4. The Hall–Kier alpha value is -2.15. The summed E-state index contributed by atoms with van der Waals surface area (Å²) in [5, 5.41) is 5.31. The second kappa shape index (κ2) is 6.33. The van der Waals surface area contributed by atoms with Crippen molar-refractivity contribution in [1.82, 2.24) is 15.6 Å². The second-order valence-electron chi connectivity index (χ2n) is 5.51. The fourth-order valence-corrected chi connectivity index (χ4v) is 1.60. The van der Waals surface area contributed by atoms with Gasteiger partial charge < -0.3 is 16.1 Å². The van der Waals surface area contributed by atoms with Gasteiger partial charge in [-0.25, -0.2) is 10.8 Å². The number of carbonyl (C=O) groups is 2. The molecule has 0 spiro atoms. The first-order valence-corrected chi connectivity index (χ1v) is 6.26. The van der Waals surface area contributed by atoms with Crippen LogP contribution >= 0.6 is 0 Å². The maximum atomic E-state index is 11.9. The fraction of sp³-hybridized carbons (Fsp3) is 0.462. The van der Waals surface area contributed by atoms with Gasteiger partial charge in [0.15, 0.2) is 0 Å². The van der Waals surface area contributed by atoms with Gasteiger partial charge in [-0.15, -0.1) is 0 Å². The molecule has 7 nitrogen and oxygen atoms in total. The lowest BCUT2D eigenvalue weighted by molar-refractivity contribution is -0.121. The molecule has 0 saturated heterocycles. The molecule has 0 aliphatic heterocycles. The van der Waals surface area contributed by atoms with Crippen LogP contribution in [-0.4, -0.2) is 28.9 Å². The number of hydrazine groups is 1. The Labute approximate surface area is 118 Å². The number of nitrogens with two attached hydrogens (primary N) is 1. The third-order valence-electron chi connectivity index (χ3n) is 2.29. The largest absolute Gasteiger partial charge is 0.350 e. The van der Waals surface area contributed by atoms with Crippen molar-refractivity contribution in [2.24, 2.45) is 5.84 Å². The number of nitrogens with zero attached hydrogens (tertiary/aromatic N) is 1. The average Bonchev–Trinajstić information content (AvgIpc) is 2.33. The summed E-state index contributed by atoms with van der Waals surface area (Å²) in [4.78, 5) is 27.6. The summed E-state index contributed by atoms with van der Waals surface area (Å²) in [6.07, 6.45) is 0. The van der Waals surface area contributed by atoms with Crippen LogP contribution in [0, 0.1) is 6.92 Å². The minimum absolute atomic E-state index is 0.0805. The van der Waals surface area contributed by atoms with Crippen molar-refractivity contribution in [2.75, 3.05) is 12.0 Å². The molecule has 0 aliphatic carbocycles. The van der Waals surface area contributed by atoms with E-state index in [2.05, 4.69) is 21.0 Å². The van der Waals surface area contributed by atoms with Crippen LogP contribution in [0.2, 0.25) is 0 Å². The smallest absolute Gasteiger partial charge is 0.251 e. The van der Waals surface area contributed by atoms with Gasteiger partial charge in [0.05, 0.1) is 6.54 Å². The van der Waals surface area contributed by atoms with Crippen molar-refractivity contribution < 1.29 is 9.59 Å². The normalized spacial score (nSPS) is 10.8. The van der Waals surface area contributed by atoms with Gasteiger partial charge in [0, 0.05) is 16.8 Å². The highest BCUT2D eigenvalue weighted by Gasteiger charge is 2.15. The number of aryl methyl sites for hydroxylation is 1. The summed E-state index contributed by atoms with van der Waals surface area (Å²) in [6.45, 7) is 7.29. The number of pyridine rings is 1. The molecule has 0 bridgehead atoms. The molecule has 5 N–H and O–H groups in total. The molecule has 20 heavy (non-hydrogen) atoms. The Kier molecular flexibility index (Phi) is 5.04. The van der Waals surface area contributed by atoms with Crippen molar-refractivity contribution in [3.63, 3.8) is 0 Å². The predicted molar refractivity (Wildman–Crippen MR) is 77.0 cm³/mol. The number of nitrogen functional groups attached to an aromatic ring is 1. The molecule has 0 saturated carbocycles. The van der Waals surface area contributed by atoms with Crippen molar-refractivity contribution in [2.45, 2.75) is 33.2 Å². The van der Waals surface area contributed by atoms with E-state index in [1.807, 2.05) is 20.8 Å². The molecule has 0 aliphatic rings. The lowest BCUT2D eigenvalue weighted by Gasteiger charge is -2.20. The molecular formula is C13H21N5O2. The molecule has 1 rings (SSSR count). The van der Waals surface area contributed by atoms with E-state index in [0.29, 0.717) is 17.1 Å². The molecule has 0 radical (unpaired) electrons. The van der Waals surface area contributed by atoms with Crippen molar-refractivity contribution in [3.8, 4) is 0 Å². The van der Waals surface area contributed by atoms with E-state index >= 15 is 0 Å². The molecule has 0 atom stereocenters. The zero-order chi connectivity index (χ0) is 15.3. The molecule has 7 heteroatoms. The molecule has 0 fully saturated rings. The van der Waals surface area contributed by atoms with Crippen molar-refractivity contribution in [3.05, 3.63) is 23.4 Å². The summed E-state index contributed by atoms with van der Waals surface area (Å²) in [5.41, 5.74) is 3.12. The Balaban J connectivity index is 2.63. The summed E-state index contributed by atoms with van der Waals surface area (Å²) in [7, 11) is 0. The topological polar surface area (TPSA) is 109 Å².